The van der Waals surface area contributed by atoms with Crippen molar-refractivity contribution >= 4 is 10.0 Å². The number of β-amino-alcohol motifs (C(OH)–C–C–N with tert-alkyl or cyclic N) is 1. The highest BCUT2D eigenvalue weighted by molar-refractivity contribution is 7.88. The smallest absolute Gasteiger partial charge is 0.260 e. The van der Waals surface area contributed by atoms with Crippen LogP contribution in [0, 0.1) is 12.7 Å². The minimum Gasteiger partial charge on any atom is -0.379 e. The Balaban J connectivity index is 1.77. The van der Waals surface area contributed by atoms with Crippen LogP contribution in [0.5, 0.6) is 0 Å². The lowest BCUT2D eigenvalue weighted by molar-refractivity contribution is 0.0194. The van der Waals surface area contributed by atoms with Gasteiger partial charge in [0.15, 0.2) is 11.4 Å². The molecule has 1 unspecified atom stereocenters. The van der Waals surface area contributed by atoms with Gasteiger partial charge in [-0.25, -0.2) is 12.8 Å². The fourth-order valence-electron chi connectivity index (χ4n) is 2.59. The molecule has 1 N–H and O–H groups in total. The summed E-state index contributed by atoms with van der Waals surface area (Å²) in [6.45, 7) is 1.59. The first-order valence-corrected chi connectivity index (χ1v) is 8.65. The zero-order valence-electron chi connectivity index (χ0n) is 12.4. The Hall–Kier alpha value is -1.84. The summed E-state index contributed by atoms with van der Waals surface area (Å²) >= 11 is 0. The largest absolute Gasteiger partial charge is 0.379 e. The number of aryl methyl sites for hydroxylation is 1. The topological polar surface area (TPSA) is 96.5 Å². The summed E-state index contributed by atoms with van der Waals surface area (Å²) in [5.74, 6) is -0.436. The van der Waals surface area contributed by atoms with Crippen LogP contribution in [-0.4, -0.2) is 41.1 Å². The molecule has 0 saturated carbocycles. The molecule has 2 heterocycles. The zero-order valence-corrected chi connectivity index (χ0v) is 13.3. The van der Waals surface area contributed by atoms with Crippen molar-refractivity contribution in [1.82, 2.24) is 14.4 Å². The third-order valence-corrected chi connectivity index (χ3v) is 5.57. The van der Waals surface area contributed by atoms with Gasteiger partial charge in [-0.05, 0) is 24.6 Å². The summed E-state index contributed by atoms with van der Waals surface area (Å²) in [6.07, 6.45) is 0.164. The van der Waals surface area contributed by atoms with Gasteiger partial charge in [-0.15, -0.1) is 0 Å². The lowest BCUT2D eigenvalue weighted by Crippen LogP contribution is -2.35. The number of hydrogen-bond donors (Lipinski definition) is 1. The van der Waals surface area contributed by atoms with Crippen molar-refractivity contribution in [3.63, 3.8) is 0 Å². The first-order chi connectivity index (χ1) is 10.8. The van der Waals surface area contributed by atoms with Crippen molar-refractivity contribution < 1.29 is 22.4 Å². The monoisotopic (exact) mass is 341 g/mol. The Bertz CT molecular complexity index is 823. The van der Waals surface area contributed by atoms with Crippen molar-refractivity contribution in [2.75, 3.05) is 13.1 Å². The minimum absolute atomic E-state index is 0.0125. The van der Waals surface area contributed by atoms with E-state index >= 15 is 0 Å². The molecule has 23 heavy (non-hydrogen) atoms. The molecule has 0 aliphatic carbocycles. The Morgan fingerprint density at radius 1 is 1.48 bits per heavy atom. The maximum absolute atomic E-state index is 13.2. The molecule has 9 heteroatoms. The van der Waals surface area contributed by atoms with Crippen LogP contribution in [0.1, 0.15) is 23.7 Å². The van der Waals surface area contributed by atoms with E-state index in [1.807, 2.05) is 0 Å². The quantitative estimate of drug-likeness (QED) is 0.889. The summed E-state index contributed by atoms with van der Waals surface area (Å²) in [6, 6.07) is 5.44. The van der Waals surface area contributed by atoms with E-state index in [2.05, 4.69) is 10.1 Å². The fourth-order valence-corrected chi connectivity index (χ4v) is 4.15. The van der Waals surface area contributed by atoms with Crippen molar-refractivity contribution in [2.45, 2.75) is 24.7 Å². The van der Waals surface area contributed by atoms with Crippen LogP contribution in [0.15, 0.2) is 28.8 Å². The second kappa shape index (κ2) is 5.66. The molecule has 0 radical (unpaired) electrons. The second-order valence-electron chi connectivity index (χ2n) is 5.65. The van der Waals surface area contributed by atoms with Crippen LogP contribution in [0.3, 0.4) is 0 Å². The molecule has 2 aromatic rings. The molecule has 124 valence electrons. The van der Waals surface area contributed by atoms with Crippen molar-refractivity contribution in [3.8, 4) is 0 Å². The lowest BCUT2D eigenvalue weighted by Gasteiger charge is -2.19. The highest BCUT2D eigenvalue weighted by Crippen LogP contribution is 2.33. The second-order valence-corrected chi connectivity index (χ2v) is 7.62. The first kappa shape index (κ1) is 16.0. The van der Waals surface area contributed by atoms with Gasteiger partial charge in [-0.2, -0.15) is 9.29 Å². The maximum Gasteiger partial charge on any atom is 0.260 e. The Kier molecular flexibility index (Phi) is 3.95. The average molecular weight is 341 g/mol. The summed E-state index contributed by atoms with van der Waals surface area (Å²) in [5.41, 5.74) is -1.13. The van der Waals surface area contributed by atoms with Crippen LogP contribution >= 0.6 is 0 Å². The number of nitrogens with zero attached hydrogens (tertiary/aromatic N) is 3. The van der Waals surface area contributed by atoms with E-state index in [4.69, 9.17) is 4.52 Å². The van der Waals surface area contributed by atoms with E-state index in [-0.39, 0.29) is 31.2 Å². The van der Waals surface area contributed by atoms with E-state index in [9.17, 15) is 17.9 Å². The fraction of sp³-hybridized carbons (Fsp3) is 0.429. The highest BCUT2D eigenvalue weighted by Gasteiger charge is 2.46. The number of halogens is 1. The molecular weight excluding hydrogens is 325 g/mol. The number of rotatable bonds is 4. The SMILES string of the molecule is Cc1noc(C2(O)CCN(S(=O)(=O)Cc3cccc(F)c3)C2)n1. The van der Waals surface area contributed by atoms with Gasteiger partial charge in [0, 0.05) is 13.0 Å². The average Bonchev–Trinajstić information content (AvgIpc) is 3.06. The Morgan fingerprint density at radius 2 is 2.26 bits per heavy atom. The van der Waals surface area contributed by atoms with Crippen LogP contribution in [0.2, 0.25) is 0 Å². The molecular formula is C14H16FN3O4S. The highest BCUT2D eigenvalue weighted by atomic mass is 32.2. The minimum atomic E-state index is -3.69. The maximum atomic E-state index is 13.2. The van der Waals surface area contributed by atoms with Gasteiger partial charge in [0.05, 0.1) is 12.3 Å². The molecule has 1 aromatic carbocycles. The molecule has 1 atom stereocenters. The molecule has 0 amide bonds. The summed E-state index contributed by atoms with van der Waals surface area (Å²) < 4.78 is 44.2. The van der Waals surface area contributed by atoms with Crippen molar-refractivity contribution in [2.24, 2.45) is 0 Å². The standard InChI is InChI=1S/C14H16FN3O4S/c1-10-16-13(22-17-10)14(19)5-6-18(9-14)23(20,21)8-11-3-2-4-12(15)7-11/h2-4,7,19H,5-6,8-9H2,1H3. The normalized spacial score (nSPS) is 22.6. The number of hydrogen-bond acceptors (Lipinski definition) is 6. The van der Waals surface area contributed by atoms with Crippen LogP contribution in [-0.2, 0) is 21.4 Å². The van der Waals surface area contributed by atoms with Gasteiger partial charge in [0.1, 0.15) is 5.82 Å². The van der Waals surface area contributed by atoms with Gasteiger partial charge in [-0.3, -0.25) is 0 Å². The van der Waals surface area contributed by atoms with Gasteiger partial charge < -0.3 is 9.63 Å². The third-order valence-electron chi connectivity index (χ3n) is 3.77. The molecule has 0 bridgehead atoms. The van der Waals surface area contributed by atoms with Crippen LogP contribution < -0.4 is 0 Å². The van der Waals surface area contributed by atoms with E-state index in [0.717, 1.165) is 4.31 Å². The number of sulfonamides is 1. The third kappa shape index (κ3) is 3.26. The lowest BCUT2D eigenvalue weighted by atomic mass is 10.0. The summed E-state index contributed by atoms with van der Waals surface area (Å²) in [5, 5.41) is 14.2. The van der Waals surface area contributed by atoms with E-state index < -0.39 is 21.4 Å². The van der Waals surface area contributed by atoms with Crippen molar-refractivity contribution in [1.29, 1.82) is 0 Å². The molecule has 1 fully saturated rings. The van der Waals surface area contributed by atoms with E-state index in [0.29, 0.717) is 11.4 Å². The zero-order chi connectivity index (χ0) is 16.7. The molecule has 1 aliphatic heterocycles. The molecule has 1 aromatic heterocycles. The number of benzene rings is 1. The number of aliphatic hydroxyl groups is 1. The van der Waals surface area contributed by atoms with Gasteiger partial charge in [-0.1, -0.05) is 17.3 Å². The van der Waals surface area contributed by atoms with Gasteiger partial charge >= 0.3 is 0 Å². The molecule has 0 spiro atoms. The van der Waals surface area contributed by atoms with Crippen LogP contribution in [0.25, 0.3) is 0 Å². The molecule has 1 saturated heterocycles. The van der Waals surface area contributed by atoms with E-state index in [1.54, 1.807) is 13.0 Å². The molecule has 7 nitrogen and oxygen atoms in total. The number of aromatic nitrogens is 2. The predicted molar refractivity (Wildman–Crippen MR) is 78.1 cm³/mol. The summed E-state index contributed by atoms with van der Waals surface area (Å²) in [4.78, 5) is 3.98. The van der Waals surface area contributed by atoms with E-state index in [1.165, 1.54) is 18.2 Å². The van der Waals surface area contributed by atoms with Crippen LogP contribution in [0.4, 0.5) is 4.39 Å². The Labute approximate surface area is 132 Å². The van der Waals surface area contributed by atoms with Gasteiger partial charge in [0.25, 0.3) is 5.89 Å². The summed E-state index contributed by atoms with van der Waals surface area (Å²) in [7, 11) is -3.69. The van der Waals surface area contributed by atoms with Gasteiger partial charge in [0.2, 0.25) is 10.0 Å². The first-order valence-electron chi connectivity index (χ1n) is 7.04. The molecule has 3 rings (SSSR count). The molecule has 1 aliphatic rings. The van der Waals surface area contributed by atoms with Crippen molar-refractivity contribution in [3.05, 3.63) is 47.4 Å². The predicted octanol–water partition coefficient (Wildman–Crippen LogP) is 0.940. The Morgan fingerprint density at radius 3 is 2.91 bits per heavy atom.